The molecule has 0 aliphatic rings. The fourth-order valence-corrected chi connectivity index (χ4v) is 7.86. The van der Waals surface area contributed by atoms with E-state index in [9.17, 15) is 34.8 Å². The van der Waals surface area contributed by atoms with Crippen LogP contribution in [-0.2, 0) is 9.59 Å². The summed E-state index contributed by atoms with van der Waals surface area (Å²) in [7, 11) is 0. The van der Waals surface area contributed by atoms with Gasteiger partial charge in [-0.2, -0.15) is 0 Å². The van der Waals surface area contributed by atoms with Crippen molar-refractivity contribution in [2.45, 2.75) is 13.8 Å². The molecular formula is C19H26I3N3O7. The molecule has 0 aliphatic heterocycles. The topological polar surface area (TPSA) is 142 Å². The van der Waals surface area contributed by atoms with E-state index in [2.05, 4.69) is 0 Å². The highest BCUT2D eigenvalue weighted by Gasteiger charge is 2.33. The molecule has 1 rings (SSSR count). The normalized spacial score (nSPS) is 10.8. The Morgan fingerprint density at radius 3 is 1.28 bits per heavy atom. The average Bonchev–Trinajstić information content (AvgIpc) is 2.71. The number of aliphatic hydroxyl groups is 4. The Morgan fingerprint density at radius 1 is 0.656 bits per heavy atom. The number of benzene rings is 1. The molecule has 10 nitrogen and oxygen atoms in total. The van der Waals surface area contributed by atoms with E-state index >= 15 is 0 Å². The first-order valence-corrected chi connectivity index (χ1v) is 12.8. The van der Waals surface area contributed by atoms with Crippen LogP contribution >= 0.6 is 67.8 Å². The minimum Gasteiger partial charge on any atom is -0.395 e. The van der Waals surface area contributed by atoms with E-state index in [1.54, 1.807) is 0 Å². The van der Waals surface area contributed by atoms with Crippen LogP contribution in [0.2, 0.25) is 0 Å². The van der Waals surface area contributed by atoms with Crippen LogP contribution in [0.5, 0.6) is 0 Å². The predicted octanol–water partition coefficient (Wildman–Crippen LogP) is 0.618. The van der Waals surface area contributed by atoms with Crippen molar-refractivity contribution in [3.05, 3.63) is 16.3 Å². The van der Waals surface area contributed by atoms with Crippen molar-refractivity contribution in [3.63, 3.8) is 0 Å². The summed E-state index contributed by atoms with van der Waals surface area (Å²) in [4.78, 5) is 42.2. The van der Waals surface area contributed by atoms with Crippen LogP contribution < -0.4 is 9.80 Å². The number of rotatable bonds is 11. The largest absolute Gasteiger partial charge is 0.395 e. The van der Waals surface area contributed by atoms with Crippen LogP contribution in [0.1, 0.15) is 24.2 Å². The summed E-state index contributed by atoms with van der Waals surface area (Å²) in [6.07, 6.45) is 0. The van der Waals surface area contributed by atoms with E-state index in [-0.39, 0.29) is 70.0 Å². The van der Waals surface area contributed by atoms with Crippen molar-refractivity contribution in [1.82, 2.24) is 4.90 Å². The van der Waals surface area contributed by atoms with Crippen LogP contribution in [0.25, 0.3) is 0 Å². The van der Waals surface area contributed by atoms with Gasteiger partial charge in [-0.15, -0.1) is 0 Å². The van der Waals surface area contributed by atoms with E-state index in [1.165, 1.54) is 28.5 Å². The zero-order chi connectivity index (χ0) is 24.6. The third kappa shape index (κ3) is 6.84. The molecule has 0 radical (unpaired) electrons. The van der Waals surface area contributed by atoms with Crippen molar-refractivity contribution in [1.29, 1.82) is 0 Å². The molecule has 0 aliphatic carbocycles. The number of nitrogens with zero attached hydrogens (tertiary/aromatic N) is 3. The van der Waals surface area contributed by atoms with Crippen molar-refractivity contribution in [2.24, 2.45) is 0 Å². The highest BCUT2D eigenvalue weighted by atomic mass is 127. The Morgan fingerprint density at radius 2 is 1.00 bits per heavy atom. The zero-order valence-corrected chi connectivity index (χ0v) is 24.1. The van der Waals surface area contributed by atoms with Gasteiger partial charge in [-0.3, -0.25) is 14.4 Å². The lowest BCUT2D eigenvalue weighted by Gasteiger charge is -2.32. The second-order valence-corrected chi connectivity index (χ2v) is 9.78. The van der Waals surface area contributed by atoms with Crippen molar-refractivity contribution >= 4 is 96.9 Å². The van der Waals surface area contributed by atoms with Gasteiger partial charge in [0, 0.05) is 40.0 Å². The van der Waals surface area contributed by atoms with Gasteiger partial charge < -0.3 is 35.1 Å². The molecule has 3 amide bonds. The lowest BCUT2D eigenvalue weighted by atomic mass is 10.1. The summed E-state index contributed by atoms with van der Waals surface area (Å²) in [6.45, 7) is 1.36. The number of halogens is 3. The molecule has 0 unspecified atom stereocenters. The van der Waals surface area contributed by atoms with E-state index in [0.717, 1.165) is 0 Å². The Kier molecular flexibility index (Phi) is 13.1. The summed E-state index contributed by atoms with van der Waals surface area (Å²) >= 11 is 5.90. The average molecular weight is 789 g/mol. The van der Waals surface area contributed by atoms with Gasteiger partial charge in [-0.05, 0) is 67.8 Å². The summed E-state index contributed by atoms with van der Waals surface area (Å²) in [5.74, 6) is -1.21. The van der Waals surface area contributed by atoms with E-state index in [1.807, 2.05) is 67.8 Å². The van der Waals surface area contributed by atoms with Gasteiger partial charge in [0.05, 0.1) is 54.1 Å². The smallest absolute Gasteiger partial charge is 0.256 e. The fraction of sp³-hybridized carbons (Fsp3) is 0.526. The quantitative estimate of drug-likeness (QED) is 0.241. The Bertz CT molecular complexity index is 797. The van der Waals surface area contributed by atoms with E-state index in [4.69, 9.17) is 0 Å². The molecule has 0 saturated carbocycles. The lowest BCUT2D eigenvalue weighted by Crippen LogP contribution is -2.40. The van der Waals surface area contributed by atoms with E-state index in [0.29, 0.717) is 22.1 Å². The molecule has 1 aromatic rings. The van der Waals surface area contributed by atoms with Crippen molar-refractivity contribution < 1.29 is 34.8 Å². The van der Waals surface area contributed by atoms with E-state index < -0.39 is 5.91 Å². The maximum atomic E-state index is 13.5. The highest BCUT2D eigenvalue weighted by molar-refractivity contribution is 14.1. The van der Waals surface area contributed by atoms with Gasteiger partial charge in [0.2, 0.25) is 11.8 Å². The van der Waals surface area contributed by atoms with Gasteiger partial charge in [-0.1, -0.05) is 0 Å². The molecule has 32 heavy (non-hydrogen) atoms. The van der Waals surface area contributed by atoms with Gasteiger partial charge >= 0.3 is 0 Å². The van der Waals surface area contributed by atoms with Gasteiger partial charge in [0.15, 0.2) is 0 Å². The molecule has 0 aromatic heterocycles. The molecule has 4 N–H and O–H groups in total. The maximum absolute atomic E-state index is 13.5. The van der Waals surface area contributed by atoms with Crippen LogP contribution in [0.3, 0.4) is 0 Å². The lowest BCUT2D eigenvalue weighted by molar-refractivity contribution is -0.117. The first kappa shape index (κ1) is 29.7. The standard InChI is InChI=1S/C19H26I3N3O7/c1-11(30)24(5-9-28)17-14(20)13(19(32)23(3-7-26)4-8-27)15(21)18(16(17)22)25(6-10-29)12(2)31/h26-29H,3-10H2,1-2H3. The molecule has 0 atom stereocenters. The predicted molar refractivity (Wildman–Crippen MR) is 145 cm³/mol. The monoisotopic (exact) mass is 789 g/mol. The van der Waals surface area contributed by atoms with Gasteiger partial charge in [0.1, 0.15) is 0 Å². The molecule has 0 fully saturated rings. The highest BCUT2D eigenvalue weighted by Crippen LogP contribution is 2.43. The number of aliphatic hydroxyl groups excluding tert-OH is 4. The fourth-order valence-electron chi connectivity index (χ4n) is 3.07. The van der Waals surface area contributed by atoms with Crippen molar-refractivity contribution in [2.75, 3.05) is 62.4 Å². The van der Waals surface area contributed by atoms with Crippen LogP contribution in [0.4, 0.5) is 11.4 Å². The second-order valence-electron chi connectivity index (χ2n) is 6.54. The van der Waals surface area contributed by atoms with Crippen LogP contribution in [0, 0.1) is 10.7 Å². The zero-order valence-electron chi connectivity index (χ0n) is 17.6. The molecule has 0 heterocycles. The van der Waals surface area contributed by atoms with Gasteiger partial charge in [-0.25, -0.2) is 0 Å². The molecular weight excluding hydrogens is 763 g/mol. The van der Waals surface area contributed by atoms with Crippen LogP contribution in [0.15, 0.2) is 0 Å². The maximum Gasteiger partial charge on any atom is 0.256 e. The first-order chi connectivity index (χ1) is 15.1. The Balaban J connectivity index is 4.02. The number of carbonyl (C=O) groups is 3. The van der Waals surface area contributed by atoms with Crippen LogP contribution in [-0.4, -0.2) is 95.7 Å². The van der Waals surface area contributed by atoms with Gasteiger partial charge in [0.25, 0.3) is 5.91 Å². The SMILES string of the molecule is CC(=O)N(CCO)c1c(I)c(C(=O)N(CCO)CCO)c(I)c(N(CCO)C(C)=O)c1I. The molecule has 0 saturated heterocycles. The molecule has 1 aromatic carbocycles. The molecule has 0 bridgehead atoms. The third-order valence-electron chi connectivity index (χ3n) is 4.46. The second kappa shape index (κ2) is 14.1. The summed E-state index contributed by atoms with van der Waals surface area (Å²) in [5.41, 5.74) is 0.930. The Hall–Kier alpha value is -0.340. The first-order valence-electron chi connectivity index (χ1n) is 9.58. The minimum absolute atomic E-state index is 0.0116. The molecule has 13 heteroatoms. The summed E-state index contributed by atoms with van der Waals surface area (Å²) in [6, 6.07) is 0. The Labute approximate surface area is 227 Å². The number of amides is 3. The third-order valence-corrected chi connectivity index (χ3v) is 7.58. The molecule has 0 spiro atoms. The van der Waals surface area contributed by atoms with Crippen molar-refractivity contribution in [3.8, 4) is 0 Å². The molecule has 180 valence electrons. The summed E-state index contributed by atoms with van der Waals surface area (Å²) in [5, 5.41) is 37.8. The number of hydrogen-bond acceptors (Lipinski definition) is 7. The minimum atomic E-state index is -0.485. The number of hydrogen-bond donors (Lipinski definition) is 4. The number of anilines is 2. The summed E-state index contributed by atoms with van der Waals surface area (Å²) < 4.78 is 1.38. The number of carbonyl (C=O) groups excluding carboxylic acids is 3.